The summed E-state index contributed by atoms with van der Waals surface area (Å²) in [7, 11) is 1.88. The van der Waals surface area contributed by atoms with E-state index in [0.717, 1.165) is 11.0 Å². The van der Waals surface area contributed by atoms with Crippen LogP contribution in [0.3, 0.4) is 0 Å². The van der Waals surface area contributed by atoms with Crippen LogP contribution in [0, 0.1) is 0 Å². The molecule has 0 bridgehead atoms. The third-order valence-corrected chi connectivity index (χ3v) is 4.92. The number of pyridine rings is 2. The highest BCUT2D eigenvalue weighted by Crippen LogP contribution is 2.26. The monoisotopic (exact) mass is 481 g/mol. The molecule has 0 amide bonds. The van der Waals surface area contributed by atoms with Crippen molar-refractivity contribution in [1.29, 1.82) is 0 Å². The number of nitrogens with one attached hydrogen (secondary N) is 1. The van der Waals surface area contributed by atoms with Gasteiger partial charge in [-0.25, -0.2) is 4.57 Å². The normalized spacial score (nSPS) is 11.0. The Bertz CT molecular complexity index is 1430. The molecule has 5 nitrogen and oxygen atoms in total. The number of rotatable bonds is 2. The topological polar surface area (TPSA) is 58.2 Å². The van der Waals surface area contributed by atoms with Crippen molar-refractivity contribution in [3.8, 4) is 0 Å². The van der Waals surface area contributed by atoms with E-state index in [1.807, 2.05) is 66.3 Å². The molecule has 0 saturated heterocycles. The fraction of sp³-hybridized carbons (Fsp3) is 0.0455. The van der Waals surface area contributed by atoms with Crippen LogP contribution in [0.5, 0.6) is 0 Å². The van der Waals surface area contributed by atoms with Crippen molar-refractivity contribution >= 4 is 33.2 Å². The number of hydrogen-bond donors (Lipinski definition) is 1. The summed E-state index contributed by atoms with van der Waals surface area (Å²) in [6.45, 7) is 0. The second-order valence-corrected chi connectivity index (χ2v) is 6.64. The SMILES string of the molecule is C[n+]1cccc(C(=O)c2c3ccccc3c(=O)n3c2[nH]c2ccccc23)c1.[I-]. The lowest BCUT2D eigenvalue weighted by atomic mass is 9.99. The maximum atomic E-state index is 13.5. The Morgan fingerprint density at radius 3 is 2.46 bits per heavy atom. The van der Waals surface area contributed by atoms with E-state index in [0.29, 0.717) is 27.5 Å². The number of ketones is 1. The Morgan fingerprint density at radius 1 is 0.964 bits per heavy atom. The summed E-state index contributed by atoms with van der Waals surface area (Å²) in [5, 5.41) is 1.19. The second-order valence-electron chi connectivity index (χ2n) is 6.64. The van der Waals surface area contributed by atoms with Gasteiger partial charge in [-0.1, -0.05) is 30.3 Å². The predicted octanol–water partition coefficient (Wildman–Crippen LogP) is -0.00650. The van der Waals surface area contributed by atoms with Crippen molar-refractivity contribution in [2.24, 2.45) is 7.05 Å². The summed E-state index contributed by atoms with van der Waals surface area (Å²) in [6, 6.07) is 18.5. The Labute approximate surface area is 177 Å². The number of nitrogens with zero attached hydrogens (tertiary/aromatic N) is 2. The molecule has 0 fully saturated rings. The van der Waals surface area contributed by atoms with Crippen LogP contribution in [-0.2, 0) is 7.05 Å². The lowest BCUT2D eigenvalue weighted by Crippen LogP contribution is -3.00. The van der Waals surface area contributed by atoms with Crippen LogP contribution in [0.4, 0.5) is 0 Å². The number of aromatic amines is 1. The van der Waals surface area contributed by atoms with E-state index in [-0.39, 0.29) is 35.3 Å². The number of carbonyl (C=O) groups excluding carboxylic acids is 1. The maximum Gasteiger partial charge on any atom is 0.264 e. The standard InChI is InChI=1S/C22H15N3O2.HI/c1-24-12-6-7-14(13-24)20(26)19-15-8-2-3-9-16(15)22(27)25-18-11-5-4-10-17(18)23-21(19)25;/h2-13H,1H3;1H. The van der Waals surface area contributed by atoms with Crippen LogP contribution >= 0.6 is 0 Å². The first kappa shape index (κ1) is 18.4. The van der Waals surface area contributed by atoms with E-state index < -0.39 is 0 Å². The zero-order valence-corrected chi connectivity index (χ0v) is 17.2. The fourth-order valence-electron chi connectivity index (χ4n) is 3.70. The average Bonchev–Trinajstić information content (AvgIpc) is 3.07. The molecule has 5 rings (SSSR count). The molecule has 0 aliphatic heterocycles. The molecule has 0 aliphatic carbocycles. The van der Waals surface area contributed by atoms with Gasteiger partial charge in [0.2, 0.25) is 5.78 Å². The molecular weight excluding hydrogens is 465 g/mol. The molecule has 0 saturated carbocycles. The molecule has 3 aromatic heterocycles. The quantitative estimate of drug-likeness (QED) is 0.219. The highest BCUT2D eigenvalue weighted by Gasteiger charge is 2.22. The van der Waals surface area contributed by atoms with Crippen LogP contribution in [0.15, 0.2) is 77.9 Å². The minimum absolute atomic E-state index is 0. The summed E-state index contributed by atoms with van der Waals surface area (Å²) in [6.07, 6.45) is 3.67. The lowest BCUT2D eigenvalue weighted by molar-refractivity contribution is -0.671. The number of aryl methyl sites for hydroxylation is 1. The van der Waals surface area contributed by atoms with Crippen molar-refractivity contribution in [1.82, 2.24) is 9.38 Å². The molecule has 1 N–H and O–H groups in total. The molecular formula is C22H16IN3O2. The molecule has 138 valence electrons. The van der Waals surface area contributed by atoms with Crippen LogP contribution in [0.1, 0.15) is 15.9 Å². The van der Waals surface area contributed by atoms with Gasteiger partial charge in [0.25, 0.3) is 5.56 Å². The predicted molar refractivity (Wildman–Crippen MR) is 104 cm³/mol. The van der Waals surface area contributed by atoms with Crippen molar-refractivity contribution in [3.63, 3.8) is 0 Å². The first-order valence-electron chi connectivity index (χ1n) is 8.69. The summed E-state index contributed by atoms with van der Waals surface area (Å²) < 4.78 is 3.45. The first-order chi connectivity index (χ1) is 13.1. The van der Waals surface area contributed by atoms with Gasteiger partial charge in [-0.3, -0.25) is 14.0 Å². The molecule has 0 atom stereocenters. The molecule has 0 radical (unpaired) electrons. The Balaban J connectivity index is 0.00000192. The number of benzene rings is 2. The van der Waals surface area contributed by atoms with Gasteiger partial charge in [-0.2, -0.15) is 0 Å². The highest BCUT2D eigenvalue weighted by molar-refractivity contribution is 6.20. The molecule has 0 spiro atoms. The van der Waals surface area contributed by atoms with Gasteiger partial charge in [0.15, 0.2) is 12.4 Å². The zero-order valence-electron chi connectivity index (χ0n) is 15.0. The smallest absolute Gasteiger partial charge is 0.264 e. The largest absolute Gasteiger partial charge is 1.00 e. The van der Waals surface area contributed by atoms with Crippen LogP contribution < -0.4 is 34.1 Å². The number of hydrogen-bond acceptors (Lipinski definition) is 2. The van der Waals surface area contributed by atoms with E-state index in [4.69, 9.17) is 0 Å². The molecule has 6 heteroatoms. The van der Waals surface area contributed by atoms with Crippen LogP contribution in [0.25, 0.3) is 27.5 Å². The minimum atomic E-state index is -0.131. The Kier molecular flexibility index (Phi) is 4.50. The summed E-state index contributed by atoms with van der Waals surface area (Å²) >= 11 is 0. The lowest BCUT2D eigenvalue weighted by Gasteiger charge is -2.08. The average molecular weight is 481 g/mol. The summed E-state index contributed by atoms with van der Waals surface area (Å²) in [4.78, 5) is 29.9. The van der Waals surface area contributed by atoms with Crippen molar-refractivity contribution in [3.05, 3.63) is 94.5 Å². The summed E-state index contributed by atoms with van der Waals surface area (Å²) in [5.74, 6) is -0.119. The van der Waals surface area contributed by atoms with Gasteiger partial charge < -0.3 is 29.0 Å². The molecule has 28 heavy (non-hydrogen) atoms. The number of imidazole rings is 1. The van der Waals surface area contributed by atoms with Crippen molar-refractivity contribution < 1.29 is 33.3 Å². The third-order valence-electron chi connectivity index (χ3n) is 4.92. The molecule has 3 heterocycles. The van der Waals surface area contributed by atoms with E-state index in [2.05, 4.69) is 4.98 Å². The second kappa shape index (κ2) is 6.87. The first-order valence-corrected chi connectivity index (χ1v) is 8.69. The van der Waals surface area contributed by atoms with Crippen molar-refractivity contribution in [2.75, 3.05) is 0 Å². The van der Waals surface area contributed by atoms with Gasteiger partial charge in [0.1, 0.15) is 12.7 Å². The van der Waals surface area contributed by atoms with Gasteiger partial charge in [0.05, 0.1) is 22.2 Å². The number of aromatic nitrogens is 3. The highest BCUT2D eigenvalue weighted by atomic mass is 127. The fourth-order valence-corrected chi connectivity index (χ4v) is 3.70. The number of H-pyrrole nitrogens is 1. The van der Waals surface area contributed by atoms with Gasteiger partial charge in [-0.05, 0) is 24.3 Å². The van der Waals surface area contributed by atoms with Gasteiger partial charge >= 0.3 is 0 Å². The van der Waals surface area contributed by atoms with Crippen LogP contribution in [-0.4, -0.2) is 15.2 Å². The number of carbonyl (C=O) groups is 1. The zero-order chi connectivity index (χ0) is 18.5. The van der Waals surface area contributed by atoms with E-state index in [1.165, 1.54) is 0 Å². The maximum absolute atomic E-state index is 13.5. The number of para-hydroxylation sites is 2. The Morgan fingerprint density at radius 2 is 1.68 bits per heavy atom. The number of fused-ring (bicyclic) bond motifs is 4. The van der Waals surface area contributed by atoms with Gasteiger partial charge in [-0.15, -0.1) is 0 Å². The van der Waals surface area contributed by atoms with E-state index >= 15 is 0 Å². The molecule has 2 aromatic carbocycles. The molecule has 0 unspecified atom stereocenters. The minimum Gasteiger partial charge on any atom is -1.00 e. The van der Waals surface area contributed by atoms with Crippen LogP contribution in [0.2, 0.25) is 0 Å². The van der Waals surface area contributed by atoms with Gasteiger partial charge in [0, 0.05) is 16.8 Å². The van der Waals surface area contributed by atoms with Crippen molar-refractivity contribution in [2.45, 2.75) is 0 Å². The molecule has 0 aliphatic rings. The van der Waals surface area contributed by atoms with E-state index in [9.17, 15) is 9.59 Å². The third kappa shape index (κ3) is 2.63. The Hall–Kier alpha value is -3.00. The molecule has 5 aromatic rings. The van der Waals surface area contributed by atoms with E-state index in [1.54, 1.807) is 22.7 Å². The number of halogens is 1. The summed E-state index contributed by atoms with van der Waals surface area (Å²) in [5.41, 5.74) is 3.05.